The summed E-state index contributed by atoms with van der Waals surface area (Å²) >= 11 is 0. The summed E-state index contributed by atoms with van der Waals surface area (Å²) in [5.41, 5.74) is 2.33. The Bertz CT molecular complexity index is 1030. The first kappa shape index (κ1) is 20.9. The Morgan fingerprint density at radius 3 is 2.57 bits per heavy atom. The molecule has 0 unspecified atom stereocenters. The van der Waals surface area contributed by atoms with Crippen molar-refractivity contribution in [3.8, 4) is 17.0 Å². The van der Waals surface area contributed by atoms with E-state index in [4.69, 9.17) is 14.2 Å². The van der Waals surface area contributed by atoms with Crippen LogP contribution in [0.2, 0.25) is 0 Å². The summed E-state index contributed by atoms with van der Waals surface area (Å²) in [5, 5.41) is 5.28. The lowest BCUT2D eigenvalue weighted by Gasteiger charge is -2.08. The van der Waals surface area contributed by atoms with Crippen molar-refractivity contribution in [2.24, 2.45) is 0 Å². The summed E-state index contributed by atoms with van der Waals surface area (Å²) in [7, 11) is 1.51. The van der Waals surface area contributed by atoms with Crippen molar-refractivity contribution in [3.63, 3.8) is 0 Å². The Kier molecular flexibility index (Phi) is 7.06. The van der Waals surface area contributed by atoms with Gasteiger partial charge in [-0.1, -0.05) is 0 Å². The van der Waals surface area contributed by atoms with Gasteiger partial charge >= 0.3 is 12.2 Å². The lowest BCUT2D eigenvalue weighted by atomic mass is 10.1. The van der Waals surface area contributed by atoms with Gasteiger partial charge in [-0.2, -0.15) is 0 Å². The largest absolute Gasteiger partial charge is 0.513 e. The molecule has 0 saturated carbocycles. The van der Waals surface area contributed by atoms with Crippen LogP contribution in [0.1, 0.15) is 6.92 Å². The summed E-state index contributed by atoms with van der Waals surface area (Å²) < 4.78 is 14.7. The number of rotatable bonds is 7. The first-order valence-corrected chi connectivity index (χ1v) is 9.21. The molecule has 10 nitrogen and oxygen atoms in total. The molecule has 0 saturated heterocycles. The molecule has 0 spiro atoms. The maximum atomic E-state index is 11.7. The first-order valence-electron chi connectivity index (χ1n) is 9.21. The third-order valence-electron chi connectivity index (χ3n) is 3.84. The number of ether oxygens (including phenoxy) is 3. The number of anilines is 1. The average molecular weight is 411 g/mol. The third kappa shape index (κ3) is 5.61. The molecule has 30 heavy (non-hydrogen) atoms. The zero-order valence-electron chi connectivity index (χ0n) is 16.5. The van der Waals surface area contributed by atoms with Gasteiger partial charge in [0.15, 0.2) is 5.65 Å². The number of methoxy groups -OCH3 is 1. The second-order valence-corrected chi connectivity index (χ2v) is 6.00. The van der Waals surface area contributed by atoms with E-state index in [1.807, 2.05) is 6.92 Å². The molecule has 0 atom stereocenters. The minimum absolute atomic E-state index is 0.115. The van der Waals surface area contributed by atoms with Crippen molar-refractivity contribution in [2.45, 2.75) is 6.92 Å². The van der Waals surface area contributed by atoms with E-state index in [0.29, 0.717) is 41.6 Å². The summed E-state index contributed by atoms with van der Waals surface area (Å²) in [6.45, 7) is 2.74. The van der Waals surface area contributed by atoms with Gasteiger partial charge in [0.2, 0.25) is 0 Å². The van der Waals surface area contributed by atoms with E-state index in [1.165, 1.54) is 7.11 Å². The van der Waals surface area contributed by atoms with Crippen LogP contribution in [0.5, 0.6) is 5.75 Å². The molecule has 2 aromatic heterocycles. The fourth-order valence-electron chi connectivity index (χ4n) is 2.46. The Morgan fingerprint density at radius 1 is 1.03 bits per heavy atom. The second-order valence-electron chi connectivity index (χ2n) is 6.00. The van der Waals surface area contributed by atoms with Gasteiger partial charge in [0, 0.05) is 19.2 Å². The van der Waals surface area contributed by atoms with Crippen molar-refractivity contribution in [3.05, 3.63) is 42.6 Å². The number of aromatic nitrogens is 3. The number of benzene rings is 1. The quantitative estimate of drug-likeness (QED) is 0.345. The number of urea groups is 1. The summed E-state index contributed by atoms with van der Waals surface area (Å²) in [4.78, 5) is 36.4. The number of amides is 2. The highest BCUT2D eigenvalue weighted by Crippen LogP contribution is 2.22. The van der Waals surface area contributed by atoms with E-state index in [9.17, 15) is 9.59 Å². The topological polar surface area (TPSA) is 125 Å². The number of nitrogens with zero attached hydrogens (tertiary/aromatic N) is 3. The van der Waals surface area contributed by atoms with Gasteiger partial charge in [0.25, 0.3) is 0 Å². The van der Waals surface area contributed by atoms with Crippen LogP contribution in [0.4, 0.5) is 15.4 Å². The van der Waals surface area contributed by atoms with E-state index < -0.39 is 6.16 Å². The van der Waals surface area contributed by atoms with E-state index in [-0.39, 0.29) is 12.6 Å². The molecule has 0 aliphatic carbocycles. The zero-order chi connectivity index (χ0) is 21.3. The molecule has 2 heterocycles. The van der Waals surface area contributed by atoms with E-state index in [2.05, 4.69) is 25.6 Å². The van der Waals surface area contributed by atoms with Crippen LogP contribution in [-0.2, 0) is 9.47 Å². The van der Waals surface area contributed by atoms with Crippen LogP contribution in [-0.4, -0.2) is 54.0 Å². The molecule has 0 fully saturated rings. The maximum absolute atomic E-state index is 11.7. The van der Waals surface area contributed by atoms with Gasteiger partial charge in [-0.15, -0.1) is 0 Å². The van der Waals surface area contributed by atoms with E-state index in [1.54, 1.807) is 42.6 Å². The molecule has 0 aliphatic rings. The van der Waals surface area contributed by atoms with Gasteiger partial charge in [0.1, 0.15) is 23.7 Å². The van der Waals surface area contributed by atoms with Crippen molar-refractivity contribution in [1.82, 2.24) is 20.3 Å². The van der Waals surface area contributed by atoms with Crippen molar-refractivity contribution < 1.29 is 23.8 Å². The predicted molar refractivity (Wildman–Crippen MR) is 109 cm³/mol. The average Bonchev–Trinajstić information content (AvgIpc) is 2.74. The minimum atomic E-state index is -0.804. The molecular formula is C20H21N5O5. The highest BCUT2D eigenvalue weighted by molar-refractivity contribution is 5.89. The van der Waals surface area contributed by atoms with Crippen LogP contribution in [0.3, 0.4) is 0 Å². The number of hydrogen-bond donors (Lipinski definition) is 2. The summed E-state index contributed by atoms with van der Waals surface area (Å²) in [5.74, 6) is 0.706. The molecule has 10 heteroatoms. The van der Waals surface area contributed by atoms with Gasteiger partial charge in [0.05, 0.1) is 18.5 Å². The standard InChI is InChI=1S/C20H21N5O5/c1-3-21-19(26)25-17-9-8-15-18(24-17)23-16(12-22-15)13-4-6-14(7-5-13)30-20(27)29-11-10-28-2/h4-9,12H,3,10-11H2,1-2H3,(H2,21,23,24,25,26). The van der Waals surface area contributed by atoms with Gasteiger partial charge in [-0.25, -0.2) is 19.6 Å². The molecule has 2 amide bonds. The lowest BCUT2D eigenvalue weighted by molar-refractivity contribution is 0.0685. The number of carbonyl (C=O) groups excluding carboxylic acids is 2. The fourth-order valence-corrected chi connectivity index (χ4v) is 2.46. The SMILES string of the molecule is CCNC(=O)Nc1ccc2ncc(-c3ccc(OC(=O)OCCOC)cc3)nc2n1. The van der Waals surface area contributed by atoms with Crippen LogP contribution in [0.25, 0.3) is 22.4 Å². The number of hydrogen-bond acceptors (Lipinski definition) is 8. The molecular weight excluding hydrogens is 390 g/mol. The lowest BCUT2D eigenvalue weighted by Crippen LogP contribution is -2.28. The fraction of sp³-hybridized carbons (Fsp3) is 0.250. The Labute approximate surface area is 172 Å². The molecule has 3 aromatic rings. The monoisotopic (exact) mass is 411 g/mol. The number of pyridine rings is 1. The smallest absolute Gasteiger partial charge is 0.432 e. The Balaban J connectivity index is 1.72. The normalized spacial score (nSPS) is 10.5. The molecule has 3 rings (SSSR count). The van der Waals surface area contributed by atoms with Crippen molar-refractivity contribution >= 4 is 29.2 Å². The first-order chi connectivity index (χ1) is 14.6. The molecule has 0 aliphatic heterocycles. The second kappa shape index (κ2) is 10.1. The van der Waals surface area contributed by atoms with Crippen LogP contribution < -0.4 is 15.4 Å². The highest BCUT2D eigenvalue weighted by atomic mass is 16.7. The number of nitrogens with one attached hydrogen (secondary N) is 2. The van der Waals surface area contributed by atoms with Gasteiger partial charge in [-0.05, 0) is 43.3 Å². The molecule has 1 aromatic carbocycles. The van der Waals surface area contributed by atoms with Crippen LogP contribution >= 0.6 is 0 Å². The molecule has 0 bridgehead atoms. The Hall–Kier alpha value is -3.79. The third-order valence-corrected chi connectivity index (χ3v) is 3.84. The number of fused-ring (bicyclic) bond motifs is 1. The molecule has 2 N–H and O–H groups in total. The molecule has 156 valence electrons. The van der Waals surface area contributed by atoms with Crippen LogP contribution in [0.15, 0.2) is 42.6 Å². The number of carbonyl (C=O) groups is 2. The zero-order valence-corrected chi connectivity index (χ0v) is 16.5. The van der Waals surface area contributed by atoms with Crippen molar-refractivity contribution in [2.75, 3.05) is 32.2 Å². The molecule has 0 radical (unpaired) electrons. The van der Waals surface area contributed by atoms with Crippen LogP contribution in [0, 0.1) is 0 Å². The predicted octanol–water partition coefficient (Wildman–Crippen LogP) is 3.00. The van der Waals surface area contributed by atoms with Gasteiger partial charge in [-0.3, -0.25) is 10.3 Å². The maximum Gasteiger partial charge on any atom is 0.513 e. The Morgan fingerprint density at radius 2 is 1.83 bits per heavy atom. The summed E-state index contributed by atoms with van der Waals surface area (Å²) in [6, 6.07) is 9.77. The summed E-state index contributed by atoms with van der Waals surface area (Å²) in [6.07, 6.45) is 0.817. The van der Waals surface area contributed by atoms with E-state index in [0.717, 1.165) is 5.56 Å². The minimum Gasteiger partial charge on any atom is -0.432 e. The van der Waals surface area contributed by atoms with E-state index >= 15 is 0 Å². The van der Waals surface area contributed by atoms with Gasteiger partial charge < -0.3 is 19.5 Å². The highest BCUT2D eigenvalue weighted by Gasteiger charge is 2.09. The van der Waals surface area contributed by atoms with Crippen molar-refractivity contribution in [1.29, 1.82) is 0 Å².